The molecule has 3 heterocycles. The molecule has 2 aromatic carbocycles. The summed E-state index contributed by atoms with van der Waals surface area (Å²) >= 11 is 0. The second kappa shape index (κ2) is 9.27. The lowest BCUT2D eigenvalue weighted by atomic mass is 9.88. The van der Waals surface area contributed by atoms with Gasteiger partial charge < -0.3 is 28.9 Å². The number of hydrogen-bond acceptors (Lipinski definition) is 7. The summed E-state index contributed by atoms with van der Waals surface area (Å²) in [6.07, 6.45) is 4.95. The second-order valence-corrected chi connectivity index (χ2v) is 8.93. The predicted molar refractivity (Wildman–Crippen MR) is 129 cm³/mol. The van der Waals surface area contributed by atoms with Gasteiger partial charge in [-0.15, -0.1) is 0 Å². The van der Waals surface area contributed by atoms with Gasteiger partial charge in [-0.25, -0.2) is 13.8 Å². The molecule has 1 unspecified atom stereocenters. The van der Waals surface area contributed by atoms with E-state index in [0.717, 1.165) is 23.0 Å². The summed E-state index contributed by atoms with van der Waals surface area (Å²) in [4.78, 5) is 11.5. The lowest BCUT2D eigenvalue weighted by Crippen LogP contribution is -2.58. The molecule has 2 aliphatic rings. The van der Waals surface area contributed by atoms with E-state index in [9.17, 15) is 13.9 Å². The molecule has 0 fully saturated rings. The highest BCUT2D eigenvalue weighted by Gasteiger charge is 2.45. The largest absolute Gasteiger partial charge is 0.495 e. The summed E-state index contributed by atoms with van der Waals surface area (Å²) in [6, 6.07) is 8.85. The molecule has 1 aromatic heterocycles. The van der Waals surface area contributed by atoms with Crippen LogP contribution in [0.5, 0.6) is 5.75 Å². The van der Waals surface area contributed by atoms with Crippen molar-refractivity contribution in [1.82, 2.24) is 14.5 Å². The van der Waals surface area contributed by atoms with E-state index >= 15 is 0 Å². The highest BCUT2D eigenvalue weighted by molar-refractivity contribution is 5.99. The fourth-order valence-electron chi connectivity index (χ4n) is 4.62. The molecular formula is C26H26F2N4O4. The third kappa shape index (κ3) is 4.17. The number of rotatable bonds is 5. The monoisotopic (exact) mass is 496 g/mol. The number of oxime groups is 1. The van der Waals surface area contributed by atoms with Gasteiger partial charge in [0, 0.05) is 23.9 Å². The van der Waals surface area contributed by atoms with Crippen LogP contribution >= 0.6 is 0 Å². The zero-order valence-corrected chi connectivity index (χ0v) is 20.1. The van der Waals surface area contributed by atoms with Gasteiger partial charge in [0.05, 0.1) is 38.0 Å². The normalized spacial score (nSPS) is 21.5. The quantitative estimate of drug-likeness (QED) is 0.580. The molecule has 0 bridgehead atoms. The van der Waals surface area contributed by atoms with Crippen LogP contribution in [0.25, 0.3) is 11.4 Å². The number of fused-ring (bicyclic) bond motifs is 1. The van der Waals surface area contributed by atoms with Gasteiger partial charge in [0.25, 0.3) is 0 Å². The van der Waals surface area contributed by atoms with Crippen LogP contribution < -0.4 is 4.74 Å². The topological polar surface area (TPSA) is 81.3 Å². The lowest BCUT2D eigenvalue weighted by molar-refractivity contribution is -0.0440. The Morgan fingerprint density at radius 1 is 1.19 bits per heavy atom. The van der Waals surface area contributed by atoms with Gasteiger partial charge in [0.2, 0.25) is 0 Å². The van der Waals surface area contributed by atoms with Crippen molar-refractivity contribution < 1.29 is 28.2 Å². The number of amidine groups is 1. The molecule has 0 radical (unpaired) electrons. The van der Waals surface area contributed by atoms with Crippen LogP contribution in [-0.2, 0) is 15.1 Å². The van der Waals surface area contributed by atoms with Crippen molar-refractivity contribution in [2.24, 2.45) is 5.16 Å². The Bertz CT molecular complexity index is 1340. The minimum atomic E-state index is -1.25. The first-order chi connectivity index (χ1) is 17.3. The summed E-state index contributed by atoms with van der Waals surface area (Å²) in [7, 11) is 1.59. The lowest BCUT2D eigenvalue weighted by Gasteiger charge is -2.45. The van der Waals surface area contributed by atoms with Gasteiger partial charge >= 0.3 is 0 Å². The van der Waals surface area contributed by atoms with Crippen LogP contribution in [0.2, 0.25) is 0 Å². The van der Waals surface area contributed by atoms with Crippen molar-refractivity contribution >= 4 is 11.6 Å². The third-order valence-electron chi connectivity index (χ3n) is 6.40. The summed E-state index contributed by atoms with van der Waals surface area (Å²) in [5, 5.41) is 14.7. The molecule has 2 aliphatic heterocycles. The maximum absolute atomic E-state index is 14.1. The number of ether oxygens (including phenoxy) is 2. The van der Waals surface area contributed by atoms with Crippen LogP contribution in [0, 0.1) is 18.6 Å². The van der Waals surface area contributed by atoms with E-state index in [2.05, 4.69) is 10.1 Å². The standard InChI is InChI=1S/C26H26F2N4O4/c1-16-11-31(15-29-16)22-5-4-18(6-24(22)34-3)23-10-25-30-35-14-26(13-33,32(25)12-17(2)36-23)19-7-20(27)9-21(28)8-19/h4-11,15,17,33H,12-14H2,1-3H3/t17-,26?/m0/s1. The Morgan fingerprint density at radius 3 is 2.64 bits per heavy atom. The first-order valence-corrected chi connectivity index (χ1v) is 11.5. The van der Waals surface area contributed by atoms with E-state index in [-0.39, 0.29) is 18.3 Å². The van der Waals surface area contributed by atoms with E-state index in [4.69, 9.17) is 14.3 Å². The number of aliphatic hydroxyl groups is 1. The first kappa shape index (κ1) is 23.8. The SMILES string of the molecule is COc1cc(C2=CC3=NOCC(CO)(c4cc(F)cc(F)c4)N3C[C@H](C)O2)ccc1-n1cnc(C)c1. The Hall–Kier alpha value is -3.92. The molecule has 0 saturated heterocycles. The van der Waals surface area contributed by atoms with Crippen molar-refractivity contribution in [1.29, 1.82) is 0 Å². The molecule has 36 heavy (non-hydrogen) atoms. The molecule has 10 heteroatoms. The van der Waals surface area contributed by atoms with Gasteiger partial charge in [-0.2, -0.15) is 0 Å². The fourth-order valence-corrected chi connectivity index (χ4v) is 4.62. The van der Waals surface area contributed by atoms with Crippen molar-refractivity contribution in [3.05, 3.63) is 83.5 Å². The van der Waals surface area contributed by atoms with Crippen molar-refractivity contribution in [2.75, 3.05) is 26.9 Å². The van der Waals surface area contributed by atoms with E-state index in [1.54, 1.807) is 24.4 Å². The maximum Gasteiger partial charge on any atom is 0.172 e. The smallest absolute Gasteiger partial charge is 0.172 e. The molecule has 5 rings (SSSR count). The van der Waals surface area contributed by atoms with Crippen molar-refractivity contribution in [3.8, 4) is 11.4 Å². The van der Waals surface area contributed by atoms with E-state index in [0.29, 0.717) is 23.9 Å². The molecule has 1 N–H and O–H groups in total. The number of aromatic nitrogens is 2. The second-order valence-electron chi connectivity index (χ2n) is 8.93. The Morgan fingerprint density at radius 2 is 1.97 bits per heavy atom. The van der Waals surface area contributed by atoms with Crippen LogP contribution in [0.4, 0.5) is 8.78 Å². The molecule has 8 nitrogen and oxygen atoms in total. The number of benzene rings is 2. The summed E-state index contributed by atoms with van der Waals surface area (Å²) in [5.41, 5.74) is 1.44. The summed E-state index contributed by atoms with van der Waals surface area (Å²) in [5.74, 6) is 0.0192. The number of hydrogen-bond donors (Lipinski definition) is 1. The number of halogens is 2. The fraction of sp³-hybridized carbons (Fsp3) is 0.308. The highest BCUT2D eigenvalue weighted by Crippen LogP contribution is 2.37. The zero-order chi connectivity index (χ0) is 25.4. The minimum Gasteiger partial charge on any atom is -0.495 e. The molecule has 2 atom stereocenters. The van der Waals surface area contributed by atoms with E-state index in [1.807, 2.05) is 42.8 Å². The van der Waals surface area contributed by atoms with E-state index < -0.39 is 23.8 Å². The van der Waals surface area contributed by atoms with Gasteiger partial charge in [0.1, 0.15) is 41.4 Å². The Balaban J connectivity index is 1.56. The number of aryl methyl sites for hydroxylation is 1. The minimum absolute atomic E-state index is 0.0847. The highest BCUT2D eigenvalue weighted by atomic mass is 19.1. The van der Waals surface area contributed by atoms with Gasteiger partial charge in [-0.1, -0.05) is 5.16 Å². The van der Waals surface area contributed by atoms with Crippen LogP contribution in [-0.4, -0.2) is 58.4 Å². The molecule has 0 spiro atoms. The molecule has 0 aliphatic carbocycles. The molecule has 3 aromatic rings. The third-order valence-corrected chi connectivity index (χ3v) is 6.40. The van der Waals surface area contributed by atoms with Gasteiger partial charge in [-0.3, -0.25) is 0 Å². The van der Waals surface area contributed by atoms with Crippen LogP contribution in [0.3, 0.4) is 0 Å². The zero-order valence-electron chi connectivity index (χ0n) is 20.1. The molecule has 0 saturated carbocycles. The number of methoxy groups -OCH3 is 1. The molecular weight excluding hydrogens is 470 g/mol. The van der Waals surface area contributed by atoms with Crippen LogP contribution in [0.1, 0.15) is 23.7 Å². The molecule has 188 valence electrons. The maximum atomic E-state index is 14.1. The summed E-state index contributed by atoms with van der Waals surface area (Å²) < 4.78 is 42.0. The predicted octanol–water partition coefficient (Wildman–Crippen LogP) is 3.76. The van der Waals surface area contributed by atoms with Crippen molar-refractivity contribution in [2.45, 2.75) is 25.5 Å². The Labute approximate surface area is 207 Å². The van der Waals surface area contributed by atoms with Gasteiger partial charge in [-0.05, 0) is 49.7 Å². The number of nitrogens with zero attached hydrogens (tertiary/aromatic N) is 4. The molecule has 0 amide bonds. The Kier molecular flexibility index (Phi) is 6.13. The number of aliphatic hydroxyl groups excluding tert-OH is 1. The average molecular weight is 497 g/mol. The summed E-state index contributed by atoms with van der Waals surface area (Å²) in [6.45, 7) is 3.55. The first-order valence-electron chi connectivity index (χ1n) is 11.5. The number of imidazole rings is 1. The van der Waals surface area contributed by atoms with Crippen molar-refractivity contribution in [3.63, 3.8) is 0 Å². The van der Waals surface area contributed by atoms with E-state index in [1.165, 1.54) is 12.1 Å². The van der Waals surface area contributed by atoms with Gasteiger partial charge in [0.15, 0.2) is 5.84 Å². The average Bonchev–Trinajstić information content (AvgIpc) is 3.21. The van der Waals surface area contributed by atoms with Crippen LogP contribution in [0.15, 0.2) is 60.2 Å².